The van der Waals surface area contributed by atoms with Gasteiger partial charge in [-0.15, -0.1) is 0 Å². The molecule has 1 heterocycles. The number of furan rings is 1. The number of benzene rings is 10. The SMILES string of the molecule is c1ccc(-c2cccc(-c3ccc(N(c4ccc(-c5cccc6ccccc56)cc4)c4ccc(-c5cccc6oc7c8ccccc8ccc7c56)cc4)cc3)c2)cc1. The van der Waals surface area contributed by atoms with Crippen LogP contribution >= 0.6 is 0 Å². The van der Waals surface area contributed by atoms with E-state index in [1.807, 2.05) is 0 Å². The molecular formula is C56H37NO. The van der Waals surface area contributed by atoms with Gasteiger partial charge in [0.1, 0.15) is 11.2 Å². The van der Waals surface area contributed by atoms with E-state index >= 15 is 0 Å². The third-order valence-electron chi connectivity index (χ3n) is 11.5. The van der Waals surface area contributed by atoms with E-state index in [4.69, 9.17) is 4.42 Å². The minimum atomic E-state index is 0.898. The molecule has 0 aliphatic rings. The Kier molecular flexibility index (Phi) is 8.19. The first-order valence-corrected chi connectivity index (χ1v) is 19.8. The minimum Gasteiger partial charge on any atom is -0.455 e. The van der Waals surface area contributed by atoms with Crippen molar-refractivity contribution in [2.75, 3.05) is 4.90 Å². The molecule has 11 rings (SSSR count). The van der Waals surface area contributed by atoms with Crippen molar-refractivity contribution in [1.29, 1.82) is 0 Å². The van der Waals surface area contributed by atoms with Crippen molar-refractivity contribution in [1.82, 2.24) is 0 Å². The van der Waals surface area contributed by atoms with Gasteiger partial charge in [-0.25, -0.2) is 0 Å². The summed E-state index contributed by atoms with van der Waals surface area (Å²) in [5.41, 5.74) is 14.6. The maximum absolute atomic E-state index is 6.53. The predicted molar refractivity (Wildman–Crippen MR) is 245 cm³/mol. The fraction of sp³-hybridized carbons (Fsp3) is 0. The summed E-state index contributed by atoms with van der Waals surface area (Å²) in [4.78, 5) is 2.35. The quantitative estimate of drug-likeness (QED) is 0.162. The van der Waals surface area contributed by atoms with Gasteiger partial charge in [-0.2, -0.15) is 0 Å². The zero-order valence-electron chi connectivity index (χ0n) is 31.7. The first-order chi connectivity index (χ1) is 28.7. The van der Waals surface area contributed by atoms with Gasteiger partial charge in [0.05, 0.1) is 0 Å². The zero-order chi connectivity index (χ0) is 38.4. The van der Waals surface area contributed by atoms with Crippen LogP contribution in [-0.2, 0) is 0 Å². The summed E-state index contributed by atoms with van der Waals surface area (Å²) in [7, 11) is 0. The molecule has 0 saturated carbocycles. The Balaban J connectivity index is 0.992. The molecule has 2 heteroatoms. The largest absolute Gasteiger partial charge is 0.455 e. The molecule has 0 unspecified atom stereocenters. The number of hydrogen-bond donors (Lipinski definition) is 0. The van der Waals surface area contributed by atoms with Gasteiger partial charge in [0.2, 0.25) is 0 Å². The summed E-state index contributed by atoms with van der Waals surface area (Å²) in [6.45, 7) is 0. The molecule has 11 aromatic rings. The van der Waals surface area contributed by atoms with E-state index < -0.39 is 0 Å². The summed E-state index contributed by atoms with van der Waals surface area (Å²) >= 11 is 0. The second-order valence-electron chi connectivity index (χ2n) is 14.9. The van der Waals surface area contributed by atoms with Crippen LogP contribution in [0.5, 0.6) is 0 Å². The summed E-state index contributed by atoms with van der Waals surface area (Å²) in [5, 5.41) is 7.09. The van der Waals surface area contributed by atoms with E-state index in [0.29, 0.717) is 0 Å². The van der Waals surface area contributed by atoms with Gasteiger partial charge < -0.3 is 9.32 Å². The van der Waals surface area contributed by atoms with Crippen molar-refractivity contribution in [2.45, 2.75) is 0 Å². The lowest BCUT2D eigenvalue weighted by Crippen LogP contribution is -2.09. The van der Waals surface area contributed by atoms with Gasteiger partial charge in [0.15, 0.2) is 0 Å². The Labute approximate surface area is 337 Å². The standard InChI is InChI=1S/C56H37NO/c1-2-11-38(12-3-1)44-16-8-17-45(37-44)39-23-30-46(31-24-39)57(47-32-25-42(26-33-47)50-20-9-15-40-13-4-6-18-49(40)50)48-34-27-43(28-35-48)51-21-10-22-54-55(51)53-36-29-41-14-5-7-19-52(41)56(53)58-54/h1-37H. The molecule has 0 aliphatic carbocycles. The normalized spacial score (nSPS) is 11.4. The molecule has 0 aliphatic heterocycles. The lowest BCUT2D eigenvalue weighted by atomic mass is 9.97. The van der Waals surface area contributed by atoms with Crippen LogP contribution in [0.25, 0.3) is 88.0 Å². The highest BCUT2D eigenvalue weighted by Gasteiger charge is 2.17. The molecule has 272 valence electrons. The molecule has 0 radical (unpaired) electrons. The first kappa shape index (κ1) is 33.6. The topological polar surface area (TPSA) is 16.4 Å². The van der Waals surface area contributed by atoms with E-state index in [0.717, 1.165) is 55.5 Å². The lowest BCUT2D eigenvalue weighted by Gasteiger charge is -2.26. The van der Waals surface area contributed by atoms with Crippen molar-refractivity contribution in [3.8, 4) is 44.5 Å². The van der Waals surface area contributed by atoms with E-state index in [2.05, 4.69) is 229 Å². The maximum atomic E-state index is 6.53. The molecular weight excluding hydrogens is 703 g/mol. The van der Waals surface area contributed by atoms with Gasteiger partial charge in [-0.05, 0) is 115 Å². The number of anilines is 3. The van der Waals surface area contributed by atoms with Crippen molar-refractivity contribution in [2.24, 2.45) is 0 Å². The molecule has 0 atom stereocenters. The smallest absolute Gasteiger partial charge is 0.143 e. The monoisotopic (exact) mass is 739 g/mol. The molecule has 0 bridgehead atoms. The van der Waals surface area contributed by atoms with Gasteiger partial charge in [0, 0.05) is 33.2 Å². The number of fused-ring (bicyclic) bond motifs is 6. The molecule has 0 spiro atoms. The van der Waals surface area contributed by atoms with Gasteiger partial charge in [-0.3, -0.25) is 0 Å². The maximum Gasteiger partial charge on any atom is 0.143 e. The molecule has 0 fully saturated rings. The highest BCUT2D eigenvalue weighted by Crippen LogP contribution is 2.42. The van der Waals surface area contributed by atoms with E-state index in [9.17, 15) is 0 Å². The second kappa shape index (κ2) is 14.1. The Morgan fingerprint density at radius 1 is 0.293 bits per heavy atom. The van der Waals surface area contributed by atoms with Gasteiger partial charge in [-0.1, -0.05) is 170 Å². The van der Waals surface area contributed by atoms with Crippen LogP contribution in [0.4, 0.5) is 17.1 Å². The number of rotatable bonds is 7. The van der Waals surface area contributed by atoms with Gasteiger partial charge in [0.25, 0.3) is 0 Å². The van der Waals surface area contributed by atoms with Crippen LogP contribution in [0.3, 0.4) is 0 Å². The highest BCUT2D eigenvalue weighted by atomic mass is 16.3. The average Bonchev–Trinajstić information content (AvgIpc) is 3.70. The van der Waals surface area contributed by atoms with Crippen molar-refractivity contribution < 1.29 is 4.42 Å². The Morgan fingerprint density at radius 2 is 0.776 bits per heavy atom. The molecule has 0 saturated heterocycles. The van der Waals surface area contributed by atoms with Crippen molar-refractivity contribution in [3.05, 3.63) is 224 Å². The van der Waals surface area contributed by atoms with Crippen LogP contribution in [0.2, 0.25) is 0 Å². The highest BCUT2D eigenvalue weighted by molar-refractivity contribution is 6.19. The number of hydrogen-bond acceptors (Lipinski definition) is 2. The summed E-state index contributed by atoms with van der Waals surface area (Å²) < 4.78 is 6.53. The molecule has 2 nitrogen and oxygen atoms in total. The number of nitrogens with zero attached hydrogens (tertiary/aromatic N) is 1. The van der Waals surface area contributed by atoms with E-state index in [-0.39, 0.29) is 0 Å². The van der Waals surface area contributed by atoms with Crippen molar-refractivity contribution >= 4 is 60.5 Å². The molecule has 0 amide bonds. The summed E-state index contributed by atoms with van der Waals surface area (Å²) in [6, 6.07) is 80.6. The van der Waals surface area contributed by atoms with Crippen LogP contribution in [0, 0.1) is 0 Å². The lowest BCUT2D eigenvalue weighted by molar-refractivity contribution is 0.673. The second-order valence-corrected chi connectivity index (χ2v) is 14.9. The average molecular weight is 740 g/mol. The molecule has 58 heavy (non-hydrogen) atoms. The molecule has 1 aromatic heterocycles. The Hall–Kier alpha value is -7.68. The fourth-order valence-corrected chi connectivity index (χ4v) is 8.61. The summed E-state index contributed by atoms with van der Waals surface area (Å²) in [5.74, 6) is 0. The third-order valence-corrected chi connectivity index (χ3v) is 11.5. The third kappa shape index (κ3) is 5.91. The summed E-state index contributed by atoms with van der Waals surface area (Å²) in [6.07, 6.45) is 0. The predicted octanol–water partition coefficient (Wildman–Crippen LogP) is 16.0. The van der Waals surface area contributed by atoms with Crippen molar-refractivity contribution in [3.63, 3.8) is 0 Å². The zero-order valence-corrected chi connectivity index (χ0v) is 31.7. The first-order valence-electron chi connectivity index (χ1n) is 19.8. The molecule has 10 aromatic carbocycles. The van der Waals surface area contributed by atoms with Crippen LogP contribution in [0.1, 0.15) is 0 Å². The Bertz CT molecular complexity index is 3250. The van der Waals surface area contributed by atoms with E-state index in [1.165, 1.54) is 49.5 Å². The fourth-order valence-electron chi connectivity index (χ4n) is 8.61. The van der Waals surface area contributed by atoms with Gasteiger partial charge >= 0.3 is 0 Å². The molecule has 0 N–H and O–H groups in total. The van der Waals surface area contributed by atoms with Crippen LogP contribution in [-0.4, -0.2) is 0 Å². The minimum absolute atomic E-state index is 0.898. The van der Waals surface area contributed by atoms with Crippen LogP contribution < -0.4 is 4.90 Å². The van der Waals surface area contributed by atoms with Crippen LogP contribution in [0.15, 0.2) is 229 Å². The van der Waals surface area contributed by atoms with E-state index in [1.54, 1.807) is 0 Å². The Morgan fingerprint density at radius 3 is 1.47 bits per heavy atom.